The zero-order valence-electron chi connectivity index (χ0n) is 17.4. The fourth-order valence-electron chi connectivity index (χ4n) is 3.77. The highest BCUT2D eigenvalue weighted by molar-refractivity contribution is 6.22. The van der Waals surface area contributed by atoms with Gasteiger partial charge in [-0.3, -0.25) is 14.8 Å². The third-order valence-corrected chi connectivity index (χ3v) is 5.34. The maximum Gasteiger partial charge on any atom is 0.270 e. The van der Waals surface area contributed by atoms with Gasteiger partial charge in [0.2, 0.25) is 0 Å². The van der Waals surface area contributed by atoms with Gasteiger partial charge in [-0.2, -0.15) is 5.10 Å². The van der Waals surface area contributed by atoms with Crippen LogP contribution in [0.5, 0.6) is 5.88 Å². The summed E-state index contributed by atoms with van der Waals surface area (Å²) in [6, 6.07) is 23.5. The van der Waals surface area contributed by atoms with E-state index in [1.807, 2.05) is 71.5 Å². The van der Waals surface area contributed by atoms with Crippen LogP contribution in [0.15, 0.2) is 96.2 Å². The smallest absolute Gasteiger partial charge is 0.270 e. The maximum absolute atomic E-state index is 11.3. The molecule has 0 radical (unpaired) electrons. The molecule has 0 aliphatic carbocycles. The van der Waals surface area contributed by atoms with Crippen LogP contribution in [0.3, 0.4) is 0 Å². The minimum absolute atomic E-state index is 0.0573. The predicted molar refractivity (Wildman–Crippen MR) is 126 cm³/mol. The Kier molecular flexibility index (Phi) is 5.16. The molecule has 8 heteroatoms. The van der Waals surface area contributed by atoms with Crippen molar-refractivity contribution >= 4 is 28.0 Å². The zero-order chi connectivity index (χ0) is 22.8. The van der Waals surface area contributed by atoms with E-state index >= 15 is 0 Å². The summed E-state index contributed by atoms with van der Waals surface area (Å²) in [6.07, 6.45) is 3.64. The van der Waals surface area contributed by atoms with Gasteiger partial charge < -0.3 is 10.1 Å². The molecule has 0 saturated carbocycles. The summed E-state index contributed by atoms with van der Waals surface area (Å²) in [5.74, 6) is -0.0941. The largest absolute Gasteiger partial charge is 0.494 e. The Balaban J connectivity index is 1.62. The lowest BCUT2D eigenvalue weighted by molar-refractivity contribution is -0.384. The average Bonchev–Trinajstić information content (AvgIpc) is 3.45. The summed E-state index contributed by atoms with van der Waals surface area (Å²) in [6.45, 7) is 0.648. The Hall–Kier alpha value is -4.72. The summed E-state index contributed by atoms with van der Waals surface area (Å²) >= 11 is 0. The summed E-state index contributed by atoms with van der Waals surface area (Å²) < 4.78 is 1.84. The number of fused-ring (bicyclic) bond motifs is 1. The number of aromatic nitrogens is 3. The lowest BCUT2D eigenvalue weighted by Gasteiger charge is -2.08. The molecule has 2 aromatic heterocycles. The first-order valence-electron chi connectivity index (χ1n) is 10.3. The van der Waals surface area contributed by atoms with Crippen LogP contribution in [-0.4, -0.2) is 30.5 Å². The molecule has 0 saturated heterocycles. The van der Waals surface area contributed by atoms with E-state index in [2.05, 4.69) is 10.1 Å². The first-order chi connectivity index (χ1) is 16.1. The van der Waals surface area contributed by atoms with Crippen LogP contribution in [0.2, 0.25) is 0 Å². The van der Waals surface area contributed by atoms with Crippen LogP contribution in [0.25, 0.3) is 10.9 Å². The van der Waals surface area contributed by atoms with Crippen LogP contribution in [0.4, 0.5) is 11.4 Å². The molecular formula is C25H19N5O3. The van der Waals surface area contributed by atoms with Crippen molar-refractivity contribution in [3.8, 4) is 5.88 Å². The molecule has 0 aliphatic rings. The van der Waals surface area contributed by atoms with Crippen molar-refractivity contribution in [2.75, 3.05) is 0 Å². The predicted octanol–water partition coefficient (Wildman–Crippen LogP) is 5.20. The van der Waals surface area contributed by atoms with Crippen molar-refractivity contribution in [2.24, 2.45) is 4.99 Å². The van der Waals surface area contributed by atoms with Crippen molar-refractivity contribution in [3.63, 3.8) is 0 Å². The van der Waals surface area contributed by atoms with Gasteiger partial charge in [-0.1, -0.05) is 42.5 Å². The van der Waals surface area contributed by atoms with Gasteiger partial charge in [0.05, 0.1) is 28.4 Å². The Morgan fingerprint density at radius 3 is 2.55 bits per heavy atom. The van der Waals surface area contributed by atoms with E-state index in [9.17, 15) is 15.2 Å². The number of H-pyrrole nitrogens is 1. The Labute approximate surface area is 188 Å². The fourth-order valence-corrected chi connectivity index (χ4v) is 3.77. The molecule has 0 fully saturated rings. The number of hydrogen-bond acceptors (Lipinski definition) is 5. The van der Waals surface area contributed by atoms with Gasteiger partial charge in [0.1, 0.15) is 0 Å². The van der Waals surface area contributed by atoms with Crippen molar-refractivity contribution in [3.05, 3.63) is 118 Å². The molecule has 0 bridgehead atoms. The number of aliphatic imine (C=N–C) groups is 1. The molecule has 0 spiro atoms. The molecule has 5 aromatic rings. The summed E-state index contributed by atoms with van der Waals surface area (Å²) in [5.41, 5.74) is 4.01. The van der Waals surface area contributed by atoms with Crippen LogP contribution < -0.4 is 0 Å². The highest BCUT2D eigenvalue weighted by atomic mass is 16.6. The van der Waals surface area contributed by atoms with Gasteiger partial charge in [-0.25, -0.2) is 4.99 Å². The number of benzene rings is 3. The number of nitro benzene ring substituents is 1. The molecule has 5 rings (SSSR count). The monoisotopic (exact) mass is 437 g/mol. The summed E-state index contributed by atoms with van der Waals surface area (Å²) in [4.78, 5) is 18.6. The number of aromatic hydroxyl groups is 1. The number of non-ortho nitro benzene ring substituents is 1. The Morgan fingerprint density at radius 2 is 1.85 bits per heavy atom. The lowest BCUT2D eigenvalue weighted by atomic mass is 10.0. The molecule has 0 unspecified atom stereocenters. The normalized spacial score (nSPS) is 11.7. The molecule has 8 nitrogen and oxygen atoms in total. The first kappa shape index (κ1) is 20.2. The molecule has 2 N–H and O–H groups in total. The standard InChI is InChI=1S/C25H19N5O3/c31-25-23(21-15-20(30(32)33)11-12-22(21)28-25)24(18-5-2-1-3-6-18)27-19-9-7-17(8-10-19)16-29-14-4-13-26-29/h1-15,28,31H,16H2. The number of nitrogens with one attached hydrogen (secondary N) is 1. The third kappa shape index (κ3) is 4.09. The molecule has 0 atom stereocenters. The topological polar surface area (TPSA) is 109 Å². The van der Waals surface area contributed by atoms with Crippen LogP contribution in [0.1, 0.15) is 16.7 Å². The van der Waals surface area contributed by atoms with Gasteiger partial charge in [0.15, 0.2) is 5.88 Å². The minimum Gasteiger partial charge on any atom is -0.494 e. The first-order valence-corrected chi connectivity index (χ1v) is 10.3. The van der Waals surface area contributed by atoms with E-state index in [4.69, 9.17) is 4.99 Å². The molecule has 0 aliphatic heterocycles. The van der Waals surface area contributed by atoms with E-state index in [-0.39, 0.29) is 11.6 Å². The molecule has 162 valence electrons. The van der Waals surface area contributed by atoms with Gasteiger partial charge in [-0.05, 0) is 29.8 Å². The zero-order valence-corrected chi connectivity index (χ0v) is 17.4. The summed E-state index contributed by atoms with van der Waals surface area (Å²) in [7, 11) is 0. The highest BCUT2D eigenvalue weighted by Crippen LogP contribution is 2.33. The van der Waals surface area contributed by atoms with Crippen LogP contribution in [-0.2, 0) is 6.54 Å². The highest BCUT2D eigenvalue weighted by Gasteiger charge is 2.20. The van der Waals surface area contributed by atoms with Gasteiger partial charge in [0, 0.05) is 41.0 Å². The molecule has 0 amide bonds. The number of rotatable bonds is 6. The van der Waals surface area contributed by atoms with E-state index in [0.29, 0.717) is 34.4 Å². The SMILES string of the molecule is O=[N+]([O-])c1ccc2[nH]c(O)c(C(=Nc3ccc(Cn4cccn4)cc3)c3ccccc3)c2c1. The fraction of sp³-hybridized carbons (Fsp3) is 0.0400. The maximum atomic E-state index is 11.3. The number of nitro groups is 1. The van der Waals surface area contributed by atoms with Crippen LogP contribution in [0, 0.1) is 10.1 Å². The van der Waals surface area contributed by atoms with Crippen LogP contribution >= 0.6 is 0 Å². The second-order valence-electron chi connectivity index (χ2n) is 7.53. The number of hydrogen-bond donors (Lipinski definition) is 2. The molecule has 3 aromatic carbocycles. The van der Waals surface area contributed by atoms with Crippen molar-refractivity contribution < 1.29 is 10.0 Å². The van der Waals surface area contributed by atoms with Crippen molar-refractivity contribution in [1.29, 1.82) is 0 Å². The summed E-state index contributed by atoms with van der Waals surface area (Å²) in [5, 5.41) is 26.8. The second-order valence-corrected chi connectivity index (χ2v) is 7.53. The molecular weight excluding hydrogens is 418 g/mol. The Morgan fingerprint density at radius 1 is 1.06 bits per heavy atom. The second kappa shape index (κ2) is 8.43. The average molecular weight is 437 g/mol. The van der Waals surface area contributed by atoms with E-state index in [0.717, 1.165) is 11.1 Å². The minimum atomic E-state index is -0.453. The molecule has 33 heavy (non-hydrogen) atoms. The van der Waals surface area contributed by atoms with Crippen molar-refractivity contribution in [1.82, 2.24) is 14.8 Å². The quantitative estimate of drug-likeness (QED) is 0.216. The van der Waals surface area contributed by atoms with E-state index < -0.39 is 4.92 Å². The van der Waals surface area contributed by atoms with Gasteiger partial charge in [0.25, 0.3) is 5.69 Å². The van der Waals surface area contributed by atoms with Gasteiger partial charge >= 0.3 is 0 Å². The number of aromatic amines is 1. The van der Waals surface area contributed by atoms with Gasteiger partial charge in [-0.15, -0.1) is 0 Å². The van der Waals surface area contributed by atoms with Crippen molar-refractivity contribution in [2.45, 2.75) is 6.54 Å². The van der Waals surface area contributed by atoms with E-state index in [1.165, 1.54) is 12.1 Å². The lowest BCUT2D eigenvalue weighted by Crippen LogP contribution is -2.03. The molecule has 2 heterocycles. The third-order valence-electron chi connectivity index (χ3n) is 5.34. The number of nitrogens with zero attached hydrogens (tertiary/aromatic N) is 4. The van der Waals surface area contributed by atoms with E-state index in [1.54, 1.807) is 12.3 Å². The Bertz CT molecular complexity index is 1450.